The quantitative estimate of drug-likeness (QED) is 0.905. The second-order valence-corrected chi connectivity index (χ2v) is 4.55. The molecule has 0 aliphatic heterocycles. The largest absolute Gasteiger partial charge is 0.367 e. The summed E-state index contributed by atoms with van der Waals surface area (Å²) >= 11 is 6.01. The molecule has 1 heterocycles. The molecule has 0 bridgehead atoms. The van der Waals surface area contributed by atoms with Crippen molar-refractivity contribution in [2.45, 2.75) is 20.3 Å². The van der Waals surface area contributed by atoms with Gasteiger partial charge in [0.25, 0.3) is 5.91 Å². The lowest BCUT2D eigenvalue weighted by atomic mass is 10.1. The number of nitrogens with one attached hydrogen (secondary N) is 1. The zero-order chi connectivity index (χ0) is 14.0. The zero-order valence-corrected chi connectivity index (χ0v) is 11.4. The molecular weight excluding hydrogens is 266 g/mol. The van der Waals surface area contributed by atoms with E-state index in [4.69, 9.17) is 21.9 Å². The fourth-order valence-electron chi connectivity index (χ4n) is 1.69. The Hall–Kier alpha value is -2.01. The summed E-state index contributed by atoms with van der Waals surface area (Å²) in [4.78, 5) is 12.1. The van der Waals surface area contributed by atoms with Gasteiger partial charge in [-0.15, -0.1) is 0 Å². The van der Waals surface area contributed by atoms with Crippen LogP contribution in [0.15, 0.2) is 22.7 Å². The lowest BCUT2D eigenvalue weighted by Crippen LogP contribution is -2.14. The number of carbonyl (C=O) groups excluding carboxylic acids is 1. The number of hydrogen-bond donors (Lipinski definition) is 2. The van der Waals surface area contributed by atoms with Gasteiger partial charge in [-0.1, -0.05) is 29.7 Å². The summed E-state index contributed by atoms with van der Waals surface area (Å²) in [5.41, 5.74) is 7.97. The predicted octanol–water partition coefficient (Wildman–Crippen LogP) is 3.03. The second kappa shape index (κ2) is 5.32. The van der Waals surface area contributed by atoms with Crippen LogP contribution in [-0.4, -0.2) is 11.1 Å². The maximum atomic E-state index is 12.1. The monoisotopic (exact) mass is 279 g/mol. The number of rotatable bonds is 3. The number of halogens is 1. The van der Waals surface area contributed by atoms with Crippen LogP contribution in [-0.2, 0) is 6.42 Å². The SMILES string of the molecule is CCc1noc(N)c1C(=O)Nc1ccc(C)c(Cl)c1. The molecule has 0 atom stereocenters. The van der Waals surface area contributed by atoms with E-state index < -0.39 is 0 Å². The Bertz CT molecular complexity index is 622. The third-order valence-electron chi connectivity index (χ3n) is 2.78. The fourth-order valence-corrected chi connectivity index (χ4v) is 1.87. The lowest BCUT2D eigenvalue weighted by molar-refractivity contribution is 0.102. The van der Waals surface area contributed by atoms with E-state index in [0.717, 1.165) is 5.56 Å². The van der Waals surface area contributed by atoms with Crippen LogP contribution in [0.4, 0.5) is 11.6 Å². The minimum Gasteiger partial charge on any atom is -0.367 e. The molecule has 1 aromatic heterocycles. The number of benzene rings is 1. The van der Waals surface area contributed by atoms with Crippen LogP contribution < -0.4 is 11.1 Å². The summed E-state index contributed by atoms with van der Waals surface area (Å²) in [6, 6.07) is 5.29. The summed E-state index contributed by atoms with van der Waals surface area (Å²) in [6.45, 7) is 3.76. The molecule has 3 N–H and O–H groups in total. The van der Waals surface area contributed by atoms with Crippen molar-refractivity contribution in [1.29, 1.82) is 0 Å². The maximum absolute atomic E-state index is 12.1. The molecule has 6 heteroatoms. The molecule has 2 rings (SSSR count). The Morgan fingerprint density at radius 2 is 2.26 bits per heavy atom. The Kier molecular flexibility index (Phi) is 3.76. The first-order chi connectivity index (χ1) is 9.02. The first-order valence-corrected chi connectivity index (χ1v) is 6.22. The van der Waals surface area contributed by atoms with E-state index in [0.29, 0.717) is 22.8 Å². The van der Waals surface area contributed by atoms with E-state index in [1.165, 1.54) is 0 Å². The molecule has 0 aliphatic carbocycles. The van der Waals surface area contributed by atoms with Crippen molar-refractivity contribution in [2.75, 3.05) is 11.1 Å². The van der Waals surface area contributed by atoms with Gasteiger partial charge in [-0.25, -0.2) is 0 Å². The molecule has 0 saturated carbocycles. The average molecular weight is 280 g/mol. The number of anilines is 2. The lowest BCUT2D eigenvalue weighted by Gasteiger charge is -2.06. The molecule has 1 aromatic carbocycles. The number of aryl methyl sites for hydroxylation is 2. The van der Waals surface area contributed by atoms with Crippen LogP contribution >= 0.6 is 11.6 Å². The van der Waals surface area contributed by atoms with Gasteiger partial charge in [-0.3, -0.25) is 4.79 Å². The minimum absolute atomic E-state index is 0.0209. The third kappa shape index (κ3) is 2.71. The number of hydrogen-bond acceptors (Lipinski definition) is 4. The molecule has 19 heavy (non-hydrogen) atoms. The maximum Gasteiger partial charge on any atom is 0.263 e. The number of nitrogen functional groups attached to an aromatic ring is 1. The molecular formula is C13H14ClN3O2. The normalized spacial score (nSPS) is 10.5. The van der Waals surface area contributed by atoms with E-state index in [1.807, 2.05) is 19.9 Å². The van der Waals surface area contributed by atoms with Gasteiger partial charge in [0.2, 0.25) is 5.88 Å². The van der Waals surface area contributed by atoms with Crippen LogP contribution in [0.5, 0.6) is 0 Å². The average Bonchev–Trinajstić information content (AvgIpc) is 2.75. The predicted molar refractivity (Wildman–Crippen MR) is 74.4 cm³/mol. The summed E-state index contributed by atoms with van der Waals surface area (Å²) in [5.74, 6) is -0.330. The van der Waals surface area contributed by atoms with Crippen LogP contribution in [0.3, 0.4) is 0 Å². The van der Waals surface area contributed by atoms with Crippen LogP contribution in [0.1, 0.15) is 28.5 Å². The molecule has 100 valence electrons. The highest BCUT2D eigenvalue weighted by molar-refractivity contribution is 6.31. The Balaban J connectivity index is 2.25. The van der Waals surface area contributed by atoms with Gasteiger partial charge in [0.15, 0.2) is 0 Å². The molecule has 0 saturated heterocycles. The van der Waals surface area contributed by atoms with E-state index in [1.54, 1.807) is 12.1 Å². The van der Waals surface area contributed by atoms with Crippen LogP contribution in [0.2, 0.25) is 5.02 Å². The van der Waals surface area contributed by atoms with E-state index in [-0.39, 0.29) is 17.4 Å². The molecule has 5 nitrogen and oxygen atoms in total. The number of aromatic nitrogens is 1. The third-order valence-corrected chi connectivity index (χ3v) is 3.19. The zero-order valence-electron chi connectivity index (χ0n) is 10.7. The van der Waals surface area contributed by atoms with Crippen LogP contribution in [0, 0.1) is 6.92 Å². The van der Waals surface area contributed by atoms with Gasteiger partial charge >= 0.3 is 0 Å². The number of carbonyl (C=O) groups is 1. The molecule has 0 fully saturated rings. The van der Waals surface area contributed by atoms with Crippen molar-refractivity contribution < 1.29 is 9.32 Å². The Morgan fingerprint density at radius 1 is 1.53 bits per heavy atom. The highest BCUT2D eigenvalue weighted by Gasteiger charge is 2.20. The molecule has 2 aromatic rings. The molecule has 0 unspecified atom stereocenters. The van der Waals surface area contributed by atoms with Crippen molar-refractivity contribution in [2.24, 2.45) is 0 Å². The van der Waals surface area contributed by atoms with Gasteiger partial charge in [0.05, 0.1) is 5.69 Å². The van der Waals surface area contributed by atoms with Gasteiger partial charge in [0.1, 0.15) is 5.56 Å². The molecule has 0 radical (unpaired) electrons. The summed E-state index contributed by atoms with van der Waals surface area (Å²) < 4.78 is 4.83. The second-order valence-electron chi connectivity index (χ2n) is 4.14. The van der Waals surface area contributed by atoms with E-state index in [9.17, 15) is 4.79 Å². The summed E-state index contributed by atoms with van der Waals surface area (Å²) in [7, 11) is 0. The standard InChI is InChI=1S/C13H14ClN3O2/c1-3-10-11(12(15)19-17-10)13(18)16-8-5-4-7(2)9(14)6-8/h4-6H,3,15H2,1-2H3,(H,16,18). The van der Waals surface area contributed by atoms with Crippen LogP contribution in [0.25, 0.3) is 0 Å². The highest BCUT2D eigenvalue weighted by atomic mass is 35.5. The molecule has 1 amide bonds. The van der Waals surface area contributed by atoms with Crippen molar-refractivity contribution in [1.82, 2.24) is 5.16 Å². The summed E-state index contributed by atoms with van der Waals surface area (Å²) in [6.07, 6.45) is 0.568. The van der Waals surface area contributed by atoms with Gasteiger partial charge in [-0.05, 0) is 31.0 Å². The van der Waals surface area contributed by atoms with Crippen molar-refractivity contribution >= 4 is 29.1 Å². The van der Waals surface area contributed by atoms with Gasteiger partial charge in [0, 0.05) is 10.7 Å². The smallest absolute Gasteiger partial charge is 0.263 e. The molecule has 0 spiro atoms. The summed E-state index contributed by atoms with van der Waals surface area (Å²) in [5, 5.41) is 7.06. The number of nitrogens with two attached hydrogens (primary N) is 1. The number of nitrogens with zero attached hydrogens (tertiary/aromatic N) is 1. The van der Waals surface area contributed by atoms with Crippen molar-refractivity contribution in [3.8, 4) is 0 Å². The Labute approximate surface area is 115 Å². The minimum atomic E-state index is -0.351. The van der Waals surface area contributed by atoms with Gasteiger partial charge in [-0.2, -0.15) is 0 Å². The van der Waals surface area contributed by atoms with E-state index in [2.05, 4.69) is 10.5 Å². The number of amides is 1. The van der Waals surface area contributed by atoms with Crippen molar-refractivity contribution in [3.63, 3.8) is 0 Å². The van der Waals surface area contributed by atoms with Crippen molar-refractivity contribution in [3.05, 3.63) is 40.0 Å². The topological polar surface area (TPSA) is 81.2 Å². The highest BCUT2D eigenvalue weighted by Crippen LogP contribution is 2.22. The van der Waals surface area contributed by atoms with Gasteiger partial charge < -0.3 is 15.6 Å². The Morgan fingerprint density at radius 3 is 2.89 bits per heavy atom. The molecule has 0 aliphatic rings. The van der Waals surface area contributed by atoms with E-state index >= 15 is 0 Å². The first-order valence-electron chi connectivity index (χ1n) is 5.84. The first kappa shape index (κ1) is 13.4. The fraction of sp³-hybridized carbons (Fsp3) is 0.231.